The van der Waals surface area contributed by atoms with E-state index in [4.69, 9.17) is 9.52 Å². The monoisotopic (exact) mass is 176 g/mol. The summed E-state index contributed by atoms with van der Waals surface area (Å²) >= 11 is 0. The van der Waals surface area contributed by atoms with Gasteiger partial charge in [0.25, 0.3) is 0 Å². The summed E-state index contributed by atoms with van der Waals surface area (Å²) in [6.07, 6.45) is 1.53. The predicted octanol–water partition coefficient (Wildman–Crippen LogP) is 2.36. The molecule has 0 spiro atoms. The molecule has 0 aliphatic carbocycles. The highest BCUT2D eigenvalue weighted by Gasteiger charge is 2.06. The Hall–Kier alpha value is -1.90. The molecule has 0 amide bonds. The fourth-order valence-electron chi connectivity index (χ4n) is 1.16. The van der Waals surface area contributed by atoms with Gasteiger partial charge in [-0.2, -0.15) is 0 Å². The predicted molar refractivity (Wildman–Crippen MR) is 47.5 cm³/mol. The van der Waals surface area contributed by atoms with Crippen LogP contribution in [0.5, 0.6) is 11.5 Å². The van der Waals surface area contributed by atoms with Crippen LogP contribution in [-0.2, 0) is 0 Å². The minimum Gasteiger partial charge on any atom is -0.508 e. The lowest BCUT2D eigenvalue weighted by atomic mass is 10.1. The zero-order chi connectivity index (χ0) is 9.26. The summed E-state index contributed by atoms with van der Waals surface area (Å²) in [6, 6.07) is 7.85. The Balaban J connectivity index is 2.53. The molecule has 0 bridgehead atoms. The maximum atomic E-state index is 9.44. The second-order valence-electron chi connectivity index (χ2n) is 2.68. The molecule has 0 aliphatic heterocycles. The number of furan rings is 1. The van der Waals surface area contributed by atoms with Crippen LogP contribution < -0.4 is 0 Å². The van der Waals surface area contributed by atoms with E-state index in [1.807, 2.05) is 0 Å². The standard InChI is InChI=1S/C10H8O3/c11-7-3-4-8(9(12)6-7)10-2-1-5-13-10/h1-6,11-12H. The van der Waals surface area contributed by atoms with Crippen molar-refractivity contribution in [3.63, 3.8) is 0 Å². The smallest absolute Gasteiger partial charge is 0.137 e. The highest BCUT2D eigenvalue weighted by Crippen LogP contribution is 2.31. The Kier molecular flexibility index (Phi) is 1.70. The largest absolute Gasteiger partial charge is 0.508 e. The lowest BCUT2D eigenvalue weighted by molar-refractivity contribution is 0.450. The van der Waals surface area contributed by atoms with Gasteiger partial charge in [0.2, 0.25) is 0 Å². The van der Waals surface area contributed by atoms with Gasteiger partial charge in [0.15, 0.2) is 0 Å². The van der Waals surface area contributed by atoms with E-state index in [0.29, 0.717) is 11.3 Å². The van der Waals surface area contributed by atoms with E-state index in [-0.39, 0.29) is 11.5 Å². The van der Waals surface area contributed by atoms with E-state index >= 15 is 0 Å². The van der Waals surface area contributed by atoms with Crippen molar-refractivity contribution < 1.29 is 14.6 Å². The Morgan fingerprint density at radius 1 is 1.08 bits per heavy atom. The quantitative estimate of drug-likeness (QED) is 0.701. The number of phenols is 2. The molecule has 0 saturated heterocycles. The molecule has 1 aromatic heterocycles. The molecule has 1 aromatic carbocycles. The molecule has 66 valence electrons. The first-order valence-corrected chi connectivity index (χ1v) is 3.83. The summed E-state index contributed by atoms with van der Waals surface area (Å²) < 4.78 is 5.10. The van der Waals surface area contributed by atoms with Crippen molar-refractivity contribution in [2.45, 2.75) is 0 Å². The van der Waals surface area contributed by atoms with Crippen LogP contribution in [0.4, 0.5) is 0 Å². The highest BCUT2D eigenvalue weighted by molar-refractivity contribution is 5.66. The van der Waals surface area contributed by atoms with Crippen LogP contribution in [0.2, 0.25) is 0 Å². The van der Waals surface area contributed by atoms with Crippen molar-refractivity contribution in [1.82, 2.24) is 0 Å². The van der Waals surface area contributed by atoms with Crippen LogP contribution in [-0.4, -0.2) is 10.2 Å². The van der Waals surface area contributed by atoms with Gasteiger partial charge in [-0.05, 0) is 24.3 Å². The van der Waals surface area contributed by atoms with Crippen molar-refractivity contribution >= 4 is 0 Å². The molecule has 13 heavy (non-hydrogen) atoms. The van der Waals surface area contributed by atoms with Gasteiger partial charge >= 0.3 is 0 Å². The minimum atomic E-state index is 0.00921. The zero-order valence-electron chi connectivity index (χ0n) is 6.77. The Labute approximate surface area is 74.9 Å². The van der Waals surface area contributed by atoms with Gasteiger partial charge in [-0.3, -0.25) is 0 Å². The fourth-order valence-corrected chi connectivity index (χ4v) is 1.16. The Morgan fingerprint density at radius 3 is 2.54 bits per heavy atom. The zero-order valence-corrected chi connectivity index (χ0v) is 6.77. The third kappa shape index (κ3) is 1.36. The highest BCUT2D eigenvalue weighted by atomic mass is 16.3. The number of aromatic hydroxyl groups is 2. The molecular formula is C10H8O3. The molecule has 2 aromatic rings. The van der Waals surface area contributed by atoms with Crippen molar-refractivity contribution in [1.29, 1.82) is 0 Å². The first-order valence-electron chi connectivity index (χ1n) is 3.83. The molecule has 0 aliphatic rings. The van der Waals surface area contributed by atoms with Gasteiger partial charge in [0.1, 0.15) is 17.3 Å². The molecule has 2 N–H and O–H groups in total. The van der Waals surface area contributed by atoms with E-state index in [0.717, 1.165) is 0 Å². The second kappa shape index (κ2) is 2.86. The lowest BCUT2D eigenvalue weighted by Gasteiger charge is -2.00. The van der Waals surface area contributed by atoms with Crippen LogP contribution in [0.25, 0.3) is 11.3 Å². The van der Waals surface area contributed by atoms with Crippen LogP contribution in [0.3, 0.4) is 0 Å². The van der Waals surface area contributed by atoms with Gasteiger partial charge in [-0.25, -0.2) is 0 Å². The number of phenolic OH excluding ortho intramolecular Hbond substituents is 2. The number of hydrogen-bond donors (Lipinski definition) is 2. The average molecular weight is 176 g/mol. The van der Waals surface area contributed by atoms with Gasteiger partial charge < -0.3 is 14.6 Å². The second-order valence-corrected chi connectivity index (χ2v) is 2.68. The van der Waals surface area contributed by atoms with E-state index in [1.54, 1.807) is 18.2 Å². The van der Waals surface area contributed by atoms with Gasteiger partial charge in [-0.1, -0.05) is 0 Å². The van der Waals surface area contributed by atoms with Crippen molar-refractivity contribution in [3.8, 4) is 22.8 Å². The number of benzene rings is 1. The summed E-state index contributed by atoms with van der Waals surface area (Å²) in [5, 5.41) is 18.5. The summed E-state index contributed by atoms with van der Waals surface area (Å²) in [7, 11) is 0. The summed E-state index contributed by atoms with van der Waals surface area (Å²) in [5.41, 5.74) is 0.572. The molecule has 0 fully saturated rings. The third-order valence-corrected chi connectivity index (χ3v) is 1.77. The topological polar surface area (TPSA) is 53.6 Å². The first kappa shape index (κ1) is 7.73. The van der Waals surface area contributed by atoms with Gasteiger partial charge in [0.05, 0.1) is 11.8 Å². The molecule has 3 nitrogen and oxygen atoms in total. The Morgan fingerprint density at radius 2 is 1.92 bits per heavy atom. The van der Waals surface area contributed by atoms with E-state index in [9.17, 15) is 5.11 Å². The molecule has 3 heteroatoms. The van der Waals surface area contributed by atoms with Gasteiger partial charge in [0, 0.05) is 6.07 Å². The maximum absolute atomic E-state index is 9.44. The van der Waals surface area contributed by atoms with Crippen molar-refractivity contribution in [2.24, 2.45) is 0 Å². The van der Waals surface area contributed by atoms with E-state index < -0.39 is 0 Å². The van der Waals surface area contributed by atoms with E-state index in [1.165, 1.54) is 18.4 Å². The molecule has 0 unspecified atom stereocenters. The van der Waals surface area contributed by atoms with E-state index in [2.05, 4.69) is 0 Å². The van der Waals surface area contributed by atoms with Crippen LogP contribution in [0.1, 0.15) is 0 Å². The third-order valence-electron chi connectivity index (χ3n) is 1.77. The molecular weight excluding hydrogens is 168 g/mol. The molecule has 0 atom stereocenters. The lowest BCUT2D eigenvalue weighted by Crippen LogP contribution is -1.75. The van der Waals surface area contributed by atoms with Gasteiger partial charge in [-0.15, -0.1) is 0 Å². The van der Waals surface area contributed by atoms with Crippen molar-refractivity contribution in [3.05, 3.63) is 36.6 Å². The van der Waals surface area contributed by atoms with Crippen LogP contribution in [0.15, 0.2) is 41.0 Å². The molecule has 1 heterocycles. The SMILES string of the molecule is Oc1ccc(-c2ccco2)c(O)c1. The molecule has 0 radical (unpaired) electrons. The first-order chi connectivity index (χ1) is 6.27. The maximum Gasteiger partial charge on any atom is 0.137 e. The van der Waals surface area contributed by atoms with Crippen molar-refractivity contribution in [2.75, 3.05) is 0 Å². The molecule has 2 rings (SSSR count). The summed E-state index contributed by atoms with van der Waals surface area (Å²) in [6.45, 7) is 0. The summed E-state index contributed by atoms with van der Waals surface area (Å²) in [4.78, 5) is 0. The van der Waals surface area contributed by atoms with Crippen LogP contribution in [0, 0.1) is 0 Å². The summed E-state index contributed by atoms with van der Waals surface area (Å²) in [5.74, 6) is 0.625. The number of rotatable bonds is 1. The molecule has 0 saturated carbocycles. The van der Waals surface area contributed by atoms with Crippen LogP contribution >= 0.6 is 0 Å². The Bertz CT molecular complexity index is 404. The average Bonchev–Trinajstić information content (AvgIpc) is 2.56. The normalized spacial score (nSPS) is 10.2. The number of hydrogen-bond acceptors (Lipinski definition) is 3. The minimum absolute atomic E-state index is 0.00921. The fraction of sp³-hybridized carbons (Fsp3) is 0.